The highest BCUT2D eigenvalue weighted by molar-refractivity contribution is 7.18. The fourth-order valence-electron chi connectivity index (χ4n) is 3.31. The van der Waals surface area contributed by atoms with Crippen molar-refractivity contribution in [3.8, 4) is 16.9 Å². The van der Waals surface area contributed by atoms with Crippen molar-refractivity contribution in [1.29, 1.82) is 0 Å². The molecule has 0 aliphatic carbocycles. The van der Waals surface area contributed by atoms with Crippen molar-refractivity contribution in [2.75, 3.05) is 7.11 Å². The number of thiazole rings is 1. The Balaban J connectivity index is 1.49. The molecule has 2 N–H and O–H groups in total. The Morgan fingerprint density at radius 2 is 1.87 bits per heavy atom. The van der Waals surface area contributed by atoms with Crippen LogP contribution in [0.1, 0.15) is 20.9 Å². The topological polar surface area (TPSA) is 88.5 Å². The van der Waals surface area contributed by atoms with E-state index in [0.717, 1.165) is 32.7 Å². The van der Waals surface area contributed by atoms with Crippen LogP contribution in [-0.4, -0.2) is 29.1 Å². The molecule has 1 amide bonds. The predicted octanol–water partition coefficient (Wildman–Crippen LogP) is 4.53. The maximum absolute atomic E-state index is 12.4. The third kappa shape index (κ3) is 4.73. The number of carboxylic acids is 1. The summed E-state index contributed by atoms with van der Waals surface area (Å²) in [4.78, 5) is 28.1. The summed E-state index contributed by atoms with van der Waals surface area (Å²) >= 11 is 1.48. The molecule has 4 rings (SSSR count). The van der Waals surface area contributed by atoms with Crippen LogP contribution >= 0.6 is 11.3 Å². The van der Waals surface area contributed by atoms with Crippen LogP contribution in [0.25, 0.3) is 21.3 Å². The second kappa shape index (κ2) is 8.97. The maximum atomic E-state index is 12.4. The second-order valence-corrected chi connectivity index (χ2v) is 8.07. The number of benzene rings is 3. The van der Waals surface area contributed by atoms with E-state index in [2.05, 4.69) is 10.3 Å². The van der Waals surface area contributed by atoms with Crippen molar-refractivity contribution in [2.45, 2.75) is 13.0 Å². The zero-order valence-electron chi connectivity index (χ0n) is 16.8. The molecule has 0 unspecified atom stereocenters. The van der Waals surface area contributed by atoms with Crippen LogP contribution in [0.5, 0.6) is 5.75 Å². The first kappa shape index (κ1) is 20.6. The second-order valence-electron chi connectivity index (χ2n) is 6.95. The largest absolute Gasteiger partial charge is 0.496 e. The molecule has 0 bridgehead atoms. The highest BCUT2D eigenvalue weighted by Crippen LogP contribution is 2.36. The Morgan fingerprint density at radius 3 is 2.61 bits per heavy atom. The number of fused-ring (bicyclic) bond motifs is 1. The first-order valence-electron chi connectivity index (χ1n) is 9.65. The highest BCUT2D eigenvalue weighted by Gasteiger charge is 2.14. The fraction of sp³-hybridized carbons (Fsp3) is 0.125. The molecule has 0 saturated heterocycles. The van der Waals surface area contributed by atoms with E-state index in [0.29, 0.717) is 5.01 Å². The number of nitrogens with zero attached hydrogens (tertiary/aromatic N) is 1. The molecule has 0 aliphatic heterocycles. The van der Waals surface area contributed by atoms with Gasteiger partial charge < -0.3 is 15.2 Å². The van der Waals surface area contributed by atoms with Gasteiger partial charge in [-0.1, -0.05) is 42.5 Å². The molecule has 7 heteroatoms. The molecule has 156 valence electrons. The monoisotopic (exact) mass is 432 g/mol. The molecule has 6 nitrogen and oxygen atoms in total. The van der Waals surface area contributed by atoms with E-state index in [1.54, 1.807) is 25.3 Å². The number of hydrogen-bond acceptors (Lipinski definition) is 5. The zero-order valence-corrected chi connectivity index (χ0v) is 17.6. The third-order valence-electron chi connectivity index (χ3n) is 4.81. The van der Waals surface area contributed by atoms with Crippen LogP contribution in [0.2, 0.25) is 0 Å². The van der Waals surface area contributed by atoms with Crippen molar-refractivity contribution in [2.24, 2.45) is 0 Å². The number of rotatable bonds is 7. The van der Waals surface area contributed by atoms with E-state index in [-0.39, 0.29) is 24.4 Å². The zero-order chi connectivity index (χ0) is 21.8. The smallest absolute Gasteiger partial charge is 0.335 e. The summed E-state index contributed by atoms with van der Waals surface area (Å²) < 4.78 is 6.54. The lowest BCUT2D eigenvalue weighted by Crippen LogP contribution is -2.24. The van der Waals surface area contributed by atoms with Gasteiger partial charge in [-0.25, -0.2) is 9.78 Å². The van der Waals surface area contributed by atoms with Crippen LogP contribution < -0.4 is 10.1 Å². The van der Waals surface area contributed by atoms with Gasteiger partial charge in [0.05, 0.1) is 29.3 Å². The van der Waals surface area contributed by atoms with E-state index >= 15 is 0 Å². The number of nitrogens with one attached hydrogen (secondary N) is 1. The van der Waals surface area contributed by atoms with Gasteiger partial charge in [0.15, 0.2) is 0 Å². The molecule has 0 aliphatic rings. The normalized spacial score (nSPS) is 10.7. The molecule has 0 spiro atoms. The molecular weight excluding hydrogens is 412 g/mol. The summed E-state index contributed by atoms with van der Waals surface area (Å²) in [6.07, 6.45) is 0.154. The first-order valence-corrected chi connectivity index (χ1v) is 10.5. The number of amides is 1. The van der Waals surface area contributed by atoms with Gasteiger partial charge in [-0.3, -0.25) is 4.79 Å². The van der Waals surface area contributed by atoms with Crippen LogP contribution in [-0.2, 0) is 17.8 Å². The number of carboxylic acid groups (broad SMARTS) is 1. The Bertz CT molecular complexity index is 1250. The summed E-state index contributed by atoms with van der Waals surface area (Å²) in [5.74, 6) is -0.429. The van der Waals surface area contributed by atoms with Gasteiger partial charge in [0.2, 0.25) is 5.91 Å². The van der Waals surface area contributed by atoms with E-state index < -0.39 is 5.97 Å². The summed E-state index contributed by atoms with van der Waals surface area (Å²) in [6.45, 7) is 0.261. The Labute approximate surface area is 183 Å². The van der Waals surface area contributed by atoms with Crippen molar-refractivity contribution in [3.05, 3.63) is 82.9 Å². The number of aromatic nitrogens is 1. The highest BCUT2D eigenvalue weighted by atomic mass is 32.1. The molecular formula is C24H20N2O4S. The van der Waals surface area contributed by atoms with Crippen molar-refractivity contribution in [3.63, 3.8) is 0 Å². The molecule has 3 aromatic carbocycles. The van der Waals surface area contributed by atoms with E-state index in [4.69, 9.17) is 9.84 Å². The predicted molar refractivity (Wildman–Crippen MR) is 121 cm³/mol. The molecule has 0 radical (unpaired) electrons. The quantitative estimate of drug-likeness (QED) is 0.448. The van der Waals surface area contributed by atoms with Crippen molar-refractivity contribution < 1.29 is 19.4 Å². The molecule has 1 aromatic heterocycles. The average molecular weight is 433 g/mol. The van der Waals surface area contributed by atoms with Crippen LogP contribution in [0.3, 0.4) is 0 Å². The van der Waals surface area contributed by atoms with Gasteiger partial charge in [0, 0.05) is 18.2 Å². The molecule has 4 aromatic rings. The maximum Gasteiger partial charge on any atom is 0.335 e. The van der Waals surface area contributed by atoms with E-state index in [1.165, 1.54) is 17.4 Å². The molecule has 0 fully saturated rings. The Morgan fingerprint density at radius 1 is 1.06 bits per heavy atom. The number of methoxy groups -OCH3 is 1. The Hall–Kier alpha value is -3.71. The number of carbonyl (C=O) groups is 2. The first-order chi connectivity index (χ1) is 15.0. The lowest BCUT2D eigenvalue weighted by Gasteiger charge is -2.08. The van der Waals surface area contributed by atoms with Gasteiger partial charge in [-0.2, -0.15) is 0 Å². The van der Waals surface area contributed by atoms with Crippen molar-refractivity contribution >= 4 is 33.4 Å². The van der Waals surface area contributed by atoms with Crippen LogP contribution in [0, 0.1) is 0 Å². The van der Waals surface area contributed by atoms with Gasteiger partial charge in [0.1, 0.15) is 10.8 Å². The van der Waals surface area contributed by atoms with Crippen molar-refractivity contribution in [1.82, 2.24) is 10.3 Å². The summed E-state index contributed by atoms with van der Waals surface area (Å²) in [5.41, 5.74) is 3.75. The average Bonchev–Trinajstić information content (AvgIpc) is 3.18. The lowest BCUT2D eigenvalue weighted by molar-refractivity contribution is -0.120. The molecule has 0 atom stereocenters. The summed E-state index contributed by atoms with van der Waals surface area (Å²) in [7, 11) is 1.63. The number of ether oxygens (including phenoxy) is 1. The molecule has 1 heterocycles. The SMILES string of the molecule is COc1cc2nc(CC(=O)NCc3cccc(C(=O)O)c3)sc2cc1-c1ccccc1. The minimum atomic E-state index is -0.993. The minimum Gasteiger partial charge on any atom is -0.496 e. The fourth-order valence-corrected chi connectivity index (χ4v) is 4.29. The third-order valence-corrected chi connectivity index (χ3v) is 5.83. The molecule has 31 heavy (non-hydrogen) atoms. The van der Waals surface area contributed by atoms with Gasteiger partial charge in [-0.05, 0) is 29.3 Å². The lowest BCUT2D eigenvalue weighted by atomic mass is 10.0. The number of aromatic carboxylic acids is 1. The number of carbonyl (C=O) groups excluding carboxylic acids is 1. The number of hydrogen-bond donors (Lipinski definition) is 2. The standard InChI is InChI=1S/C24H20N2O4S/c1-30-20-12-19-21(11-18(20)16-7-3-2-4-8-16)31-23(26-19)13-22(27)25-14-15-6-5-9-17(10-15)24(28)29/h2-12H,13-14H2,1H3,(H,25,27)(H,28,29). The minimum absolute atomic E-state index is 0.154. The molecule has 0 saturated carbocycles. The van der Waals surface area contributed by atoms with Crippen LogP contribution in [0.4, 0.5) is 0 Å². The summed E-state index contributed by atoms with van der Waals surface area (Å²) in [6, 6.07) is 20.4. The van der Waals surface area contributed by atoms with Gasteiger partial charge >= 0.3 is 5.97 Å². The Kier molecular flexibility index (Phi) is 5.95. The van der Waals surface area contributed by atoms with Gasteiger partial charge in [-0.15, -0.1) is 11.3 Å². The summed E-state index contributed by atoms with van der Waals surface area (Å²) in [5, 5.41) is 12.6. The van der Waals surface area contributed by atoms with Gasteiger partial charge in [0.25, 0.3) is 0 Å². The van der Waals surface area contributed by atoms with E-state index in [1.807, 2.05) is 42.5 Å². The van der Waals surface area contributed by atoms with Crippen LogP contribution in [0.15, 0.2) is 66.7 Å². The van der Waals surface area contributed by atoms with E-state index in [9.17, 15) is 9.59 Å².